The fraction of sp³-hybridized carbons (Fsp3) is 0.733. The number of nitrogens with one attached hydrogen (secondary N) is 1. The predicted octanol–water partition coefficient (Wildman–Crippen LogP) is 3.23. The van der Waals surface area contributed by atoms with Gasteiger partial charge in [0.15, 0.2) is 0 Å². The molecule has 19 heavy (non-hydrogen) atoms. The molecule has 1 saturated heterocycles. The second-order valence-electron chi connectivity index (χ2n) is 6.70. The lowest BCUT2D eigenvalue weighted by Crippen LogP contribution is -2.34. The average molecular weight is 262 g/mol. The Kier molecular flexibility index (Phi) is 3.97. The molecule has 4 nitrogen and oxygen atoms in total. The first kappa shape index (κ1) is 14.1. The van der Waals surface area contributed by atoms with Crippen LogP contribution in [0.25, 0.3) is 0 Å². The Balaban J connectivity index is 2.17. The van der Waals surface area contributed by atoms with Crippen molar-refractivity contribution >= 4 is 11.6 Å². The molecule has 0 radical (unpaired) electrons. The Morgan fingerprint density at radius 2 is 1.84 bits per heavy atom. The first-order valence-electron chi connectivity index (χ1n) is 7.22. The van der Waals surface area contributed by atoms with Crippen LogP contribution in [0.3, 0.4) is 0 Å². The van der Waals surface area contributed by atoms with Gasteiger partial charge < -0.3 is 10.2 Å². The van der Waals surface area contributed by atoms with Crippen molar-refractivity contribution in [1.29, 1.82) is 0 Å². The summed E-state index contributed by atoms with van der Waals surface area (Å²) < 4.78 is 0. The SMILES string of the molecule is Cc1nc(NC(C)(C)C)cc(N2CCC(C)CC2)n1. The van der Waals surface area contributed by atoms with Gasteiger partial charge in [0.1, 0.15) is 17.5 Å². The molecule has 1 aromatic rings. The van der Waals surface area contributed by atoms with Gasteiger partial charge in [-0.15, -0.1) is 0 Å². The Morgan fingerprint density at radius 1 is 1.21 bits per heavy atom. The normalized spacial score (nSPS) is 17.6. The minimum atomic E-state index is 0.0223. The van der Waals surface area contributed by atoms with Gasteiger partial charge in [0, 0.05) is 24.7 Å². The minimum Gasteiger partial charge on any atom is -0.365 e. The van der Waals surface area contributed by atoms with E-state index in [0.29, 0.717) is 0 Å². The molecule has 2 heterocycles. The molecule has 0 spiro atoms. The van der Waals surface area contributed by atoms with Gasteiger partial charge >= 0.3 is 0 Å². The maximum Gasteiger partial charge on any atom is 0.134 e. The molecule has 0 atom stereocenters. The van der Waals surface area contributed by atoms with Crippen molar-refractivity contribution in [2.75, 3.05) is 23.3 Å². The number of nitrogens with zero attached hydrogens (tertiary/aromatic N) is 3. The van der Waals surface area contributed by atoms with Crippen LogP contribution in [0.5, 0.6) is 0 Å². The van der Waals surface area contributed by atoms with E-state index in [-0.39, 0.29) is 5.54 Å². The van der Waals surface area contributed by atoms with E-state index in [1.165, 1.54) is 12.8 Å². The van der Waals surface area contributed by atoms with Crippen LogP contribution in [0.2, 0.25) is 0 Å². The molecule has 1 aromatic heterocycles. The Morgan fingerprint density at radius 3 is 2.42 bits per heavy atom. The lowest BCUT2D eigenvalue weighted by Gasteiger charge is -2.31. The third kappa shape index (κ3) is 4.08. The van der Waals surface area contributed by atoms with Crippen LogP contribution >= 0.6 is 0 Å². The molecule has 4 heteroatoms. The van der Waals surface area contributed by atoms with E-state index in [1.54, 1.807) is 0 Å². The molecule has 1 aliphatic heterocycles. The van der Waals surface area contributed by atoms with E-state index in [9.17, 15) is 0 Å². The minimum absolute atomic E-state index is 0.0223. The summed E-state index contributed by atoms with van der Waals surface area (Å²) in [5.41, 5.74) is 0.0223. The van der Waals surface area contributed by atoms with Crippen molar-refractivity contribution in [1.82, 2.24) is 9.97 Å². The van der Waals surface area contributed by atoms with E-state index < -0.39 is 0 Å². The Labute approximate surface area is 116 Å². The predicted molar refractivity (Wildman–Crippen MR) is 80.8 cm³/mol. The molecule has 0 aromatic carbocycles. The molecule has 1 fully saturated rings. The van der Waals surface area contributed by atoms with Gasteiger partial charge in [-0.1, -0.05) is 6.92 Å². The lowest BCUT2D eigenvalue weighted by atomic mass is 9.99. The molecule has 0 aliphatic carbocycles. The number of aromatic nitrogens is 2. The van der Waals surface area contributed by atoms with Gasteiger partial charge in [-0.2, -0.15) is 0 Å². The molecule has 0 amide bonds. The van der Waals surface area contributed by atoms with Gasteiger partial charge in [-0.25, -0.2) is 9.97 Å². The van der Waals surface area contributed by atoms with E-state index in [2.05, 4.69) is 53.9 Å². The van der Waals surface area contributed by atoms with Gasteiger partial charge in [0.25, 0.3) is 0 Å². The van der Waals surface area contributed by atoms with Crippen molar-refractivity contribution in [3.8, 4) is 0 Å². The van der Waals surface area contributed by atoms with Crippen molar-refractivity contribution in [2.45, 2.75) is 53.0 Å². The number of piperidine rings is 1. The van der Waals surface area contributed by atoms with Crippen molar-refractivity contribution in [2.24, 2.45) is 5.92 Å². The highest BCUT2D eigenvalue weighted by Crippen LogP contribution is 2.24. The molecule has 106 valence electrons. The summed E-state index contributed by atoms with van der Waals surface area (Å²) in [6.45, 7) is 12.9. The third-order valence-electron chi connectivity index (χ3n) is 3.44. The molecule has 1 N–H and O–H groups in total. The highest BCUT2D eigenvalue weighted by Gasteiger charge is 2.19. The zero-order valence-corrected chi connectivity index (χ0v) is 12.8. The van der Waals surface area contributed by atoms with Gasteiger partial charge in [0.2, 0.25) is 0 Å². The standard InChI is InChI=1S/C15H26N4/c1-11-6-8-19(9-7-11)14-10-13(16-12(2)17-14)18-15(3,4)5/h10-11H,6-9H2,1-5H3,(H,16,17,18). The number of hydrogen-bond donors (Lipinski definition) is 1. The smallest absolute Gasteiger partial charge is 0.134 e. The fourth-order valence-corrected chi connectivity index (χ4v) is 2.40. The first-order valence-corrected chi connectivity index (χ1v) is 7.22. The third-order valence-corrected chi connectivity index (χ3v) is 3.44. The summed E-state index contributed by atoms with van der Waals surface area (Å²) in [5, 5.41) is 3.43. The summed E-state index contributed by atoms with van der Waals surface area (Å²) in [6, 6.07) is 2.08. The maximum absolute atomic E-state index is 4.59. The highest BCUT2D eigenvalue weighted by molar-refractivity contribution is 5.50. The lowest BCUT2D eigenvalue weighted by molar-refractivity contribution is 0.436. The average Bonchev–Trinajstić information content (AvgIpc) is 2.26. The second kappa shape index (κ2) is 5.35. The fourth-order valence-electron chi connectivity index (χ4n) is 2.40. The summed E-state index contributed by atoms with van der Waals surface area (Å²) >= 11 is 0. The monoisotopic (exact) mass is 262 g/mol. The number of hydrogen-bond acceptors (Lipinski definition) is 4. The van der Waals surface area contributed by atoms with Crippen molar-refractivity contribution in [3.05, 3.63) is 11.9 Å². The molecular formula is C15H26N4. The molecule has 1 aliphatic rings. The van der Waals surface area contributed by atoms with Crippen molar-refractivity contribution in [3.63, 3.8) is 0 Å². The maximum atomic E-state index is 4.59. The molecule has 2 rings (SSSR count). The van der Waals surface area contributed by atoms with E-state index in [0.717, 1.165) is 36.5 Å². The molecular weight excluding hydrogens is 236 g/mol. The highest BCUT2D eigenvalue weighted by atomic mass is 15.2. The molecule has 0 saturated carbocycles. The van der Waals surface area contributed by atoms with Gasteiger partial charge in [0.05, 0.1) is 0 Å². The zero-order valence-electron chi connectivity index (χ0n) is 12.8. The Hall–Kier alpha value is -1.32. The number of anilines is 2. The summed E-state index contributed by atoms with van der Waals surface area (Å²) in [7, 11) is 0. The van der Waals surface area contributed by atoms with Crippen LogP contribution in [0.4, 0.5) is 11.6 Å². The van der Waals surface area contributed by atoms with Crippen LogP contribution in [0.15, 0.2) is 6.07 Å². The van der Waals surface area contributed by atoms with E-state index in [4.69, 9.17) is 0 Å². The van der Waals surface area contributed by atoms with Crippen LogP contribution in [0.1, 0.15) is 46.4 Å². The zero-order chi connectivity index (χ0) is 14.0. The summed E-state index contributed by atoms with van der Waals surface area (Å²) in [5.74, 6) is 3.66. The van der Waals surface area contributed by atoms with E-state index in [1.807, 2.05) is 6.92 Å². The van der Waals surface area contributed by atoms with Crippen LogP contribution < -0.4 is 10.2 Å². The topological polar surface area (TPSA) is 41.1 Å². The van der Waals surface area contributed by atoms with Crippen LogP contribution in [-0.2, 0) is 0 Å². The van der Waals surface area contributed by atoms with Gasteiger partial charge in [-0.3, -0.25) is 0 Å². The largest absolute Gasteiger partial charge is 0.365 e. The number of aryl methyl sites for hydroxylation is 1. The first-order chi connectivity index (χ1) is 8.83. The second-order valence-corrected chi connectivity index (χ2v) is 6.70. The number of rotatable bonds is 2. The Bertz CT molecular complexity index is 428. The molecule has 0 bridgehead atoms. The summed E-state index contributed by atoms with van der Waals surface area (Å²) in [6.07, 6.45) is 2.51. The molecule has 0 unspecified atom stereocenters. The quantitative estimate of drug-likeness (QED) is 0.888. The van der Waals surface area contributed by atoms with E-state index >= 15 is 0 Å². The van der Waals surface area contributed by atoms with Crippen molar-refractivity contribution < 1.29 is 0 Å². The van der Waals surface area contributed by atoms with Crippen LogP contribution in [-0.4, -0.2) is 28.6 Å². The van der Waals surface area contributed by atoms with Gasteiger partial charge in [-0.05, 0) is 46.5 Å². The van der Waals surface area contributed by atoms with Crippen LogP contribution in [0, 0.1) is 12.8 Å². The summed E-state index contributed by atoms with van der Waals surface area (Å²) in [4.78, 5) is 11.4.